The molecule has 0 bridgehead atoms. The monoisotopic (exact) mass is 213 g/mol. The molecule has 0 saturated carbocycles. The summed E-state index contributed by atoms with van der Waals surface area (Å²) in [5.74, 6) is -0.114. The minimum atomic E-state index is -0.364. The van der Waals surface area contributed by atoms with Crippen LogP contribution < -0.4 is 0 Å². The van der Waals surface area contributed by atoms with Gasteiger partial charge >= 0.3 is 5.97 Å². The lowest BCUT2D eigenvalue weighted by Crippen LogP contribution is -2.30. The van der Waals surface area contributed by atoms with E-state index in [1.54, 1.807) is 0 Å². The second-order valence-corrected chi connectivity index (χ2v) is 4.42. The fourth-order valence-corrected chi connectivity index (χ4v) is 0.946. The van der Waals surface area contributed by atoms with E-state index in [4.69, 9.17) is 4.74 Å². The van der Waals surface area contributed by atoms with E-state index in [2.05, 4.69) is 11.5 Å². The van der Waals surface area contributed by atoms with Crippen LogP contribution >= 0.6 is 0 Å². The van der Waals surface area contributed by atoms with Crippen molar-refractivity contribution in [2.24, 2.45) is 5.41 Å². The molecule has 0 aliphatic rings. The lowest BCUT2D eigenvalue weighted by Gasteiger charge is -2.21. The molecule has 0 aromatic heterocycles. The number of hydrogen-bond donors (Lipinski definition) is 0. The summed E-state index contributed by atoms with van der Waals surface area (Å²) in [4.78, 5) is 13.6. The first-order chi connectivity index (χ1) is 6.94. The van der Waals surface area contributed by atoms with Crippen molar-refractivity contribution in [1.29, 1.82) is 0 Å². The number of ether oxygens (including phenoxy) is 1. The van der Waals surface area contributed by atoms with Crippen molar-refractivity contribution in [2.45, 2.75) is 27.2 Å². The molecule has 0 fully saturated rings. The molecular formula is C12H23NO2. The van der Waals surface area contributed by atoms with Gasteiger partial charge in [0.25, 0.3) is 0 Å². The third kappa shape index (κ3) is 5.57. The summed E-state index contributed by atoms with van der Waals surface area (Å²) in [6, 6.07) is 0. The number of nitrogens with zero attached hydrogens (tertiary/aromatic N) is 1. The molecule has 0 aromatic rings. The summed E-state index contributed by atoms with van der Waals surface area (Å²) in [7, 11) is 1.97. The van der Waals surface area contributed by atoms with Crippen LogP contribution in [0.3, 0.4) is 0 Å². The number of esters is 1. The summed E-state index contributed by atoms with van der Waals surface area (Å²) >= 11 is 0. The average Bonchev–Trinajstić information content (AvgIpc) is 2.18. The van der Waals surface area contributed by atoms with Gasteiger partial charge in [-0.3, -0.25) is 9.69 Å². The molecule has 0 spiro atoms. The molecule has 88 valence electrons. The Kier molecular flexibility index (Phi) is 6.25. The zero-order valence-electron chi connectivity index (χ0n) is 10.4. The highest BCUT2D eigenvalue weighted by atomic mass is 16.5. The molecule has 15 heavy (non-hydrogen) atoms. The number of likely N-dealkylation sites (N-methyl/N-ethyl adjacent to an activating group) is 1. The Balaban J connectivity index is 3.77. The van der Waals surface area contributed by atoms with E-state index in [0.29, 0.717) is 6.61 Å². The van der Waals surface area contributed by atoms with E-state index in [1.807, 2.05) is 33.9 Å². The third-order valence-corrected chi connectivity index (χ3v) is 2.58. The third-order valence-electron chi connectivity index (χ3n) is 2.58. The van der Waals surface area contributed by atoms with Crippen LogP contribution in [0.2, 0.25) is 0 Å². The van der Waals surface area contributed by atoms with Gasteiger partial charge in [-0.2, -0.15) is 0 Å². The number of hydrogen-bond acceptors (Lipinski definition) is 3. The van der Waals surface area contributed by atoms with Crippen LogP contribution in [0.25, 0.3) is 0 Å². The lowest BCUT2D eigenvalue weighted by atomic mass is 9.91. The molecule has 0 saturated heterocycles. The Labute approximate surface area is 93.1 Å². The van der Waals surface area contributed by atoms with Crippen molar-refractivity contribution in [1.82, 2.24) is 4.90 Å². The van der Waals surface area contributed by atoms with Crippen LogP contribution in [0.5, 0.6) is 0 Å². The first-order valence-electron chi connectivity index (χ1n) is 5.40. The van der Waals surface area contributed by atoms with Crippen molar-refractivity contribution < 1.29 is 9.53 Å². The Hall–Kier alpha value is -0.830. The molecule has 0 atom stereocenters. The van der Waals surface area contributed by atoms with Gasteiger partial charge in [0, 0.05) is 13.1 Å². The van der Waals surface area contributed by atoms with Crippen LogP contribution in [0.15, 0.2) is 12.7 Å². The summed E-state index contributed by atoms with van der Waals surface area (Å²) in [5, 5.41) is 0. The van der Waals surface area contributed by atoms with Gasteiger partial charge in [0.05, 0.1) is 5.41 Å². The maximum Gasteiger partial charge on any atom is 0.311 e. The molecule has 0 amide bonds. The number of carbonyl (C=O) groups excluding carboxylic acids is 1. The minimum absolute atomic E-state index is 0.114. The quantitative estimate of drug-likeness (QED) is 0.479. The maximum atomic E-state index is 11.6. The van der Waals surface area contributed by atoms with E-state index in [-0.39, 0.29) is 11.4 Å². The van der Waals surface area contributed by atoms with Crippen molar-refractivity contribution in [3.63, 3.8) is 0 Å². The Morgan fingerprint density at radius 3 is 2.60 bits per heavy atom. The van der Waals surface area contributed by atoms with Gasteiger partial charge in [0.2, 0.25) is 0 Å². The fourth-order valence-electron chi connectivity index (χ4n) is 0.946. The molecule has 3 heteroatoms. The van der Waals surface area contributed by atoms with E-state index < -0.39 is 0 Å². The van der Waals surface area contributed by atoms with Crippen molar-refractivity contribution >= 4 is 5.97 Å². The van der Waals surface area contributed by atoms with Gasteiger partial charge in [-0.05, 0) is 27.3 Å². The van der Waals surface area contributed by atoms with Crippen molar-refractivity contribution in [3.05, 3.63) is 12.7 Å². The number of rotatable bonds is 7. The lowest BCUT2D eigenvalue weighted by molar-refractivity contribution is -0.154. The SMILES string of the molecule is C=CCN(C)CCOC(=O)C(C)(C)CC. The first kappa shape index (κ1) is 14.2. The molecule has 0 unspecified atom stereocenters. The average molecular weight is 213 g/mol. The molecule has 3 nitrogen and oxygen atoms in total. The minimum Gasteiger partial charge on any atom is -0.464 e. The van der Waals surface area contributed by atoms with E-state index in [9.17, 15) is 4.79 Å². The summed E-state index contributed by atoms with van der Waals surface area (Å²) in [6.07, 6.45) is 2.63. The smallest absolute Gasteiger partial charge is 0.311 e. The van der Waals surface area contributed by atoms with Crippen LogP contribution in [-0.4, -0.2) is 37.6 Å². The van der Waals surface area contributed by atoms with E-state index in [1.165, 1.54) is 0 Å². The van der Waals surface area contributed by atoms with Gasteiger partial charge in [-0.1, -0.05) is 13.0 Å². The summed E-state index contributed by atoms with van der Waals surface area (Å²) in [5.41, 5.74) is -0.364. The van der Waals surface area contributed by atoms with Crippen LogP contribution in [-0.2, 0) is 9.53 Å². The van der Waals surface area contributed by atoms with Crippen LogP contribution in [0, 0.1) is 5.41 Å². The maximum absolute atomic E-state index is 11.6. The molecule has 0 aromatic carbocycles. The second kappa shape index (κ2) is 6.62. The predicted molar refractivity (Wildman–Crippen MR) is 62.7 cm³/mol. The van der Waals surface area contributed by atoms with Crippen molar-refractivity contribution in [2.75, 3.05) is 26.7 Å². The topological polar surface area (TPSA) is 29.5 Å². The molecule has 0 rings (SSSR count). The van der Waals surface area contributed by atoms with E-state index >= 15 is 0 Å². The van der Waals surface area contributed by atoms with Gasteiger partial charge in [-0.25, -0.2) is 0 Å². The second-order valence-electron chi connectivity index (χ2n) is 4.42. The highest BCUT2D eigenvalue weighted by molar-refractivity contribution is 5.75. The van der Waals surface area contributed by atoms with Gasteiger partial charge in [0.15, 0.2) is 0 Å². The normalized spacial score (nSPS) is 11.5. The largest absolute Gasteiger partial charge is 0.464 e. The Bertz CT molecular complexity index is 212. The Morgan fingerprint density at radius 1 is 1.53 bits per heavy atom. The molecule has 0 aliphatic carbocycles. The standard InChI is InChI=1S/C12H23NO2/c1-6-8-13(5)9-10-15-11(14)12(3,4)7-2/h6H,1,7-10H2,2-5H3. The molecule has 0 heterocycles. The molecule has 0 aliphatic heterocycles. The fraction of sp³-hybridized carbons (Fsp3) is 0.750. The van der Waals surface area contributed by atoms with Crippen molar-refractivity contribution in [3.8, 4) is 0 Å². The van der Waals surface area contributed by atoms with Gasteiger partial charge in [0.1, 0.15) is 6.61 Å². The van der Waals surface area contributed by atoms with Crippen LogP contribution in [0.4, 0.5) is 0 Å². The van der Waals surface area contributed by atoms with Crippen LogP contribution in [0.1, 0.15) is 27.2 Å². The summed E-state index contributed by atoms with van der Waals surface area (Å²) < 4.78 is 5.20. The van der Waals surface area contributed by atoms with E-state index in [0.717, 1.165) is 19.5 Å². The number of carbonyl (C=O) groups is 1. The van der Waals surface area contributed by atoms with Gasteiger partial charge < -0.3 is 4.74 Å². The molecule has 0 radical (unpaired) electrons. The Morgan fingerprint density at radius 2 is 2.13 bits per heavy atom. The molecule has 0 N–H and O–H groups in total. The van der Waals surface area contributed by atoms with Gasteiger partial charge in [-0.15, -0.1) is 6.58 Å². The highest BCUT2D eigenvalue weighted by Gasteiger charge is 2.26. The first-order valence-corrected chi connectivity index (χ1v) is 5.40. The predicted octanol–water partition coefficient (Wildman–Crippen LogP) is 2.08. The summed E-state index contributed by atoms with van der Waals surface area (Å²) in [6.45, 7) is 11.5. The highest BCUT2D eigenvalue weighted by Crippen LogP contribution is 2.21. The zero-order chi connectivity index (χ0) is 11.9. The zero-order valence-corrected chi connectivity index (χ0v) is 10.4. The molecular weight excluding hydrogens is 190 g/mol.